The lowest BCUT2D eigenvalue weighted by Crippen LogP contribution is -2.21. The van der Waals surface area contributed by atoms with Crippen LogP contribution >= 0.6 is 23.1 Å². The Morgan fingerprint density at radius 3 is 2.48 bits per heavy atom. The van der Waals surface area contributed by atoms with Crippen molar-refractivity contribution in [1.29, 1.82) is 0 Å². The van der Waals surface area contributed by atoms with Crippen LogP contribution in [0.15, 0.2) is 58.5 Å². The van der Waals surface area contributed by atoms with Crippen LogP contribution in [-0.4, -0.2) is 16.7 Å². The molecule has 6 heteroatoms. The molecular formula is C27H30N2O2S2. The second kappa shape index (κ2) is 9.35. The van der Waals surface area contributed by atoms with Crippen LogP contribution in [0, 0.1) is 6.92 Å². The van der Waals surface area contributed by atoms with Crippen LogP contribution in [-0.2, 0) is 17.6 Å². The number of thiophene rings is 1. The second-order valence-corrected chi connectivity index (χ2v) is 11.2. The van der Waals surface area contributed by atoms with E-state index in [1.807, 2.05) is 31.2 Å². The maximum atomic E-state index is 13.7. The van der Waals surface area contributed by atoms with Gasteiger partial charge in [0.15, 0.2) is 5.16 Å². The van der Waals surface area contributed by atoms with Gasteiger partial charge in [-0.25, -0.2) is 4.98 Å². The number of thioether (sulfide) groups is 1. The summed E-state index contributed by atoms with van der Waals surface area (Å²) in [7, 11) is 1.64. The molecule has 0 aliphatic carbocycles. The lowest BCUT2D eigenvalue weighted by Gasteiger charge is -2.19. The van der Waals surface area contributed by atoms with Gasteiger partial charge in [0.25, 0.3) is 5.56 Å². The number of rotatable bonds is 6. The van der Waals surface area contributed by atoms with Gasteiger partial charge in [0.2, 0.25) is 0 Å². The van der Waals surface area contributed by atoms with Gasteiger partial charge in [-0.1, -0.05) is 69.8 Å². The van der Waals surface area contributed by atoms with E-state index >= 15 is 0 Å². The van der Waals surface area contributed by atoms with Crippen LogP contribution in [0.2, 0.25) is 0 Å². The topological polar surface area (TPSA) is 44.1 Å². The first-order valence-corrected chi connectivity index (χ1v) is 12.9. The number of fused-ring (bicyclic) bond motifs is 1. The predicted octanol–water partition coefficient (Wildman–Crippen LogP) is 6.92. The van der Waals surface area contributed by atoms with Gasteiger partial charge in [-0.05, 0) is 47.6 Å². The number of methoxy groups -OCH3 is 1. The fourth-order valence-electron chi connectivity index (χ4n) is 3.87. The van der Waals surface area contributed by atoms with Gasteiger partial charge >= 0.3 is 0 Å². The van der Waals surface area contributed by atoms with E-state index in [0.717, 1.165) is 33.6 Å². The minimum atomic E-state index is -0.0210. The van der Waals surface area contributed by atoms with Gasteiger partial charge in [-0.3, -0.25) is 9.36 Å². The summed E-state index contributed by atoms with van der Waals surface area (Å²) in [4.78, 5) is 20.7. The SMILES string of the molecule is CCc1sc2nc(SCc3ccc(C(C)(C)C)cc3)n(-c3cccc(OC)c3)c(=O)c2c1C. The number of benzene rings is 2. The highest BCUT2D eigenvalue weighted by molar-refractivity contribution is 7.98. The smallest absolute Gasteiger partial charge is 0.267 e. The van der Waals surface area contributed by atoms with Crippen LogP contribution < -0.4 is 10.3 Å². The van der Waals surface area contributed by atoms with Crippen molar-refractivity contribution in [2.24, 2.45) is 0 Å². The van der Waals surface area contributed by atoms with Crippen LogP contribution in [0.4, 0.5) is 0 Å². The molecule has 4 rings (SSSR count). The Kier molecular flexibility index (Phi) is 6.68. The first kappa shape index (κ1) is 23.6. The molecule has 0 bridgehead atoms. The third-order valence-electron chi connectivity index (χ3n) is 5.85. The molecule has 0 atom stereocenters. The largest absolute Gasteiger partial charge is 0.497 e. The summed E-state index contributed by atoms with van der Waals surface area (Å²) >= 11 is 3.22. The molecule has 172 valence electrons. The van der Waals surface area contributed by atoms with Gasteiger partial charge in [0, 0.05) is 16.7 Å². The zero-order valence-electron chi connectivity index (χ0n) is 20.1. The predicted molar refractivity (Wildman–Crippen MR) is 141 cm³/mol. The maximum Gasteiger partial charge on any atom is 0.267 e. The first-order valence-electron chi connectivity index (χ1n) is 11.1. The van der Waals surface area contributed by atoms with Crippen molar-refractivity contribution in [2.75, 3.05) is 7.11 Å². The number of ether oxygens (including phenoxy) is 1. The van der Waals surface area contributed by atoms with Crippen molar-refractivity contribution in [1.82, 2.24) is 9.55 Å². The monoisotopic (exact) mass is 478 g/mol. The van der Waals surface area contributed by atoms with Crippen LogP contribution in [0.5, 0.6) is 5.75 Å². The second-order valence-electron chi connectivity index (χ2n) is 9.16. The van der Waals surface area contributed by atoms with Crippen molar-refractivity contribution < 1.29 is 4.74 Å². The fraction of sp³-hybridized carbons (Fsp3) is 0.333. The van der Waals surface area contributed by atoms with Gasteiger partial charge in [0.05, 0.1) is 18.2 Å². The number of hydrogen-bond donors (Lipinski definition) is 0. The summed E-state index contributed by atoms with van der Waals surface area (Å²) in [6.45, 7) is 10.8. The van der Waals surface area contributed by atoms with E-state index in [9.17, 15) is 4.79 Å². The van der Waals surface area contributed by atoms with Crippen LogP contribution in [0.25, 0.3) is 15.9 Å². The standard InChI is InChI=1S/C27H30N2O2S2/c1-7-22-17(2)23-24(33-22)28-26(29(25(23)30)20-9-8-10-21(15-20)31-6)32-16-18-11-13-19(14-12-18)27(3,4)5/h8-15H,7,16H2,1-6H3. The molecule has 0 N–H and O–H groups in total. The van der Waals surface area contributed by atoms with E-state index in [1.54, 1.807) is 34.8 Å². The number of aryl methyl sites for hydroxylation is 2. The number of nitrogens with zero attached hydrogens (tertiary/aromatic N) is 2. The van der Waals surface area contributed by atoms with E-state index in [-0.39, 0.29) is 11.0 Å². The molecule has 4 aromatic rings. The molecule has 0 saturated heterocycles. The normalized spacial score (nSPS) is 11.8. The van der Waals surface area contributed by atoms with Gasteiger partial charge in [0.1, 0.15) is 10.6 Å². The van der Waals surface area contributed by atoms with Crippen LogP contribution in [0.1, 0.15) is 49.3 Å². The Morgan fingerprint density at radius 2 is 1.85 bits per heavy atom. The lowest BCUT2D eigenvalue weighted by molar-refractivity contribution is 0.414. The third-order valence-corrected chi connectivity index (χ3v) is 8.19. The average Bonchev–Trinajstić information content (AvgIpc) is 3.13. The Morgan fingerprint density at radius 1 is 1.12 bits per heavy atom. The molecule has 0 spiro atoms. The molecule has 0 aliphatic heterocycles. The van der Waals surface area contributed by atoms with Gasteiger partial charge < -0.3 is 4.74 Å². The molecule has 2 aromatic carbocycles. The Bertz CT molecular complexity index is 1350. The van der Waals surface area contributed by atoms with Gasteiger partial charge in [-0.15, -0.1) is 11.3 Å². The highest BCUT2D eigenvalue weighted by atomic mass is 32.2. The van der Waals surface area contributed by atoms with Gasteiger partial charge in [-0.2, -0.15) is 0 Å². The van der Waals surface area contributed by atoms with Crippen molar-refractivity contribution in [2.45, 2.75) is 57.4 Å². The lowest BCUT2D eigenvalue weighted by atomic mass is 9.87. The van der Waals surface area contributed by atoms with Crippen molar-refractivity contribution in [3.05, 3.63) is 80.5 Å². The summed E-state index contributed by atoms with van der Waals surface area (Å²) < 4.78 is 7.15. The van der Waals surface area contributed by atoms with E-state index in [4.69, 9.17) is 9.72 Å². The number of hydrogen-bond acceptors (Lipinski definition) is 5. The fourth-order valence-corrected chi connectivity index (χ4v) is 6.00. The van der Waals surface area contributed by atoms with E-state index in [0.29, 0.717) is 10.9 Å². The van der Waals surface area contributed by atoms with Crippen LogP contribution in [0.3, 0.4) is 0 Å². The Balaban J connectivity index is 1.79. The Hall–Kier alpha value is -2.57. The first-order chi connectivity index (χ1) is 15.7. The summed E-state index contributed by atoms with van der Waals surface area (Å²) in [5, 5.41) is 1.42. The minimum Gasteiger partial charge on any atom is -0.497 e. The van der Waals surface area contributed by atoms with Crippen molar-refractivity contribution in [3.63, 3.8) is 0 Å². The zero-order valence-corrected chi connectivity index (χ0v) is 21.7. The Labute approximate surface area is 203 Å². The summed E-state index contributed by atoms with van der Waals surface area (Å²) in [5.41, 5.74) is 4.43. The maximum absolute atomic E-state index is 13.7. The molecule has 4 nitrogen and oxygen atoms in total. The molecule has 33 heavy (non-hydrogen) atoms. The number of aromatic nitrogens is 2. The van der Waals surface area contributed by atoms with Crippen molar-refractivity contribution >= 4 is 33.3 Å². The summed E-state index contributed by atoms with van der Waals surface area (Å²) in [5.74, 6) is 1.45. The average molecular weight is 479 g/mol. The third kappa shape index (κ3) is 4.73. The molecule has 0 saturated carbocycles. The summed E-state index contributed by atoms with van der Waals surface area (Å²) in [6.07, 6.45) is 0.897. The molecular weight excluding hydrogens is 448 g/mol. The minimum absolute atomic E-state index is 0.0210. The quantitative estimate of drug-likeness (QED) is 0.223. The highest BCUT2D eigenvalue weighted by Crippen LogP contribution is 2.32. The highest BCUT2D eigenvalue weighted by Gasteiger charge is 2.19. The van der Waals surface area contributed by atoms with E-state index in [1.165, 1.54) is 16.0 Å². The van der Waals surface area contributed by atoms with E-state index in [2.05, 4.69) is 52.0 Å². The molecule has 0 fully saturated rings. The molecule has 2 heterocycles. The molecule has 0 amide bonds. The molecule has 0 radical (unpaired) electrons. The van der Waals surface area contributed by atoms with E-state index < -0.39 is 0 Å². The van der Waals surface area contributed by atoms with Crippen molar-refractivity contribution in [3.8, 4) is 11.4 Å². The summed E-state index contributed by atoms with van der Waals surface area (Å²) in [6, 6.07) is 16.3. The zero-order chi connectivity index (χ0) is 23.8. The molecule has 0 aliphatic rings. The molecule has 0 unspecified atom stereocenters. The molecule has 2 aromatic heterocycles.